The van der Waals surface area contributed by atoms with Gasteiger partial charge in [-0.15, -0.1) is 11.8 Å². The minimum absolute atomic E-state index is 0.149. The van der Waals surface area contributed by atoms with E-state index in [1.165, 1.54) is 16.7 Å². The van der Waals surface area contributed by atoms with E-state index >= 15 is 0 Å². The summed E-state index contributed by atoms with van der Waals surface area (Å²) in [5.41, 5.74) is 0. The van der Waals surface area contributed by atoms with Gasteiger partial charge in [0.2, 0.25) is 5.91 Å². The summed E-state index contributed by atoms with van der Waals surface area (Å²) < 4.78 is 0. The molecule has 1 saturated carbocycles. The molecule has 1 aromatic carbocycles. The smallest absolute Gasteiger partial charge is 0.323 e. The van der Waals surface area contributed by atoms with Crippen LogP contribution in [0.25, 0.3) is 0 Å². The molecule has 0 heterocycles. The third kappa shape index (κ3) is 4.72. The number of amides is 1. The van der Waals surface area contributed by atoms with Crippen molar-refractivity contribution in [2.24, 2.45) is 5.92 Å². The largest absolute Gasteiger partial charge is 0.480 e. The van der Waals surface area contributed by atoms with Gasteiger partial charge in [-0.3, -0.25) is 9.59 Å². The summed E-state index contributed by atoms with van der Waals surface area (Å²) >= 11 is 7.37. The van der Waals surface area contributed by atoms with Crippen LogP contribution < -0.4 is 0 Å². The number of benzene rings is 1. The predicted octanol–water partition coefficient (Wildman–Crippen LogP) is 2.76. The highest BCUT2D eigenvalue weighted by molar-refractivity contribution is 8.00. The normalized spacial score (nSPS) is 14.1. The number of carbonyl (C=O) groups excluding carboxylic acids is 1. The first-order valence-electron chi connectivity index (χ1n) is 6.43. The molecule has 1 aliphatic rings. The Morgan fingerprint density at radius 3 is 2.65 bits per heavy atom. The van der Waals surface area contributed by atoms with E-state index in [1.807, 2.05) is 18.2 Å². The number of aliphatic carboxylic acids is 1. The van der Waals surface area contributed by atoms with Crippen LogP contribution in [0.15, 0.2) is 29.2 Å². The van der Waals surface area contributed by atoms with Gasteiger partial charge in [0.15, 0.2) is 0 Å². The molecule has 2 rings (SSSR count). The quantitative estimate of drug-likeness (QED) is 0.786. The standard InChI is InChI=1S/C14H16ClNO3S/c15-11-3-1-2-4-12(11)20-9-13(17)16(8-14(18)19)7-10-5-6-10/h1-4,10H,5-9H2,(H,18,19). The van der Waals surface area contributed by atoms with Crippen molar-refractivity contribution < 1.29 is 14.7 Å². The second-order valence-corrected chi connectivity index (χ2v) is 6.25. The topological polar surface area (TPSA) is 57.6 Å². The van der Waals surface area contributed by atoms with Crippen LogP contribution in [-0.4, -0.2) is 40.7 Å². The first-order chi connectivity index (χ1) is 9.56. The number of hydrogen-bond acceptors (Lipinski definition) is 3. The summed E-state index contributed by atoms with van der Waals surface area (Å²) in [6, 6.07) is 7.31. The van der Waals surface area contributed by atoms with Gasteiger partial charge in [0, 0.05) is 11.4 Å². The molecule has 0 radical (unpaired) electrons. The van der Waals surface area contributed by atoms with Crippen molar-refractivity contribution in [2.45, 2.75) is 17.7 Å². The number of nitrogens with zero attached hydrogens (tertiary/aromatic N) is 1. The van der Waals surface area contributed by atoms with Gasteiger partial charge in [0.25, 0.3) is 0 Å². The van der Waals surface area contributed by atoms with Crippen LogP contribution in [0.2, 0.25) is 5.02 Å². The molecule has 0 atom stereocenters. The Hall–Kier alpha value is -1.20. The zero-order valence-corrected chi connectivity index (χ0v) is 12.5. The molecule has 1 amide bonds. The fraction of sp³-hybridized carbons (Fsp3) is 0.429. The lowest BCUT2D eigenvalue weighted by atomic mass is 10.3. The number of rotatable bonds is 7. The number of thioether (sulfide) groups is 1. The lowest BCUT2D eigenvalue weighted by Crippen LogP contribution is -2.38. The van der Waals surface area contributed by atoms with Gasteiger partial charge in [-0.25, -0.2) is 0 Å². The van der Waals surface area contributed by atoms with E-state index in [0.29, 0.717) is 17.5 Å². The number of carbonyl (C=O) groups is 2. The van der Waals surface area contributed by atoms with Gasteiger partial charge in [-0.05, 0) is 30.9 Å². The zero-order valence-electron chi connectivity index (χ0n) is 10.9. The van der Waals surface area contributed by atoms with Gasteiger partial charge in [-0.1, -0.05) is 23.7 Å². The van der Waals surface area contributed by atoms with E-state index in [9.17, 15) is 9.59 Å². The van der Waals surface area contributed by atoms with Crippen LogP contribution in [0.5, 0.6) is 0 Å². The lowest BCUT2D eigenvalue weighted by Gasteiger charge is -2.20. The number of halogens is 1. The third-order valence-electron chi connectivity index (χ3n) is 3.04. The van der Waals surface area contributed by atoms with Crippen molar-refractivity contribution in [1.82, 2.24) is 4.90 Å². The molecule has 1 aromatic rings. The molecule has 1 fully saturated rings. The van der Waals surface area contributed by atoms with Crippen molar-refractivity contribution in [3.05, 3.63) is 29.3 Å². The summed E-state index contributed by atoms with van der Waals surface area (Å²) in [6.07, 6.45) is 2.17. The lowest BCUT2D eigenvalue weighted by molar-refractivity contribution is -0.143. The van der Waals surface area contributed by atoms with Crippen molar-refractivity contribution in [3.8, 4) is 0 Å². The first-order valence-corrected chi connectivity index (χ1v) is 7.79. The third-order valence-corrected chi connectivity index (χ3v) is 4.54. The Bertz CT molecular complexity index is 505. The van der Waals surface area contributed by atoms with E-state index in [-0.39, 0.29) is 18.2 Å². The van der Waals surface area contributed by atoms with E-state index < -0.39 is 5.97 Å². The maximum Gasteiger partial charge on any atom is 0.323 e. The molecule has 1 N–H and O–H groups in total. The summed E-state index contributed by atoms with van der Waals surface area (Å²) in [7, 11) is 0. The highest BCUT2D eigenvalue weighted by Gasteiger charge is 2.27. The van der Waals surface area contributed by atoms with Gasteiger partial charge in [-0.2, -0.15) is 0 Å². The SMILES string of the molecule is O=C(O)CN(CC1CC1)C(=O)CSc1ccccc1Cl. The average molecular weight is 314 g/mol. The molecule has 0 saturated heterocycles. The molecular formula is C14H16ClNO3S. The van der Waals surface area contributed by atoms with Crippen LogP contribution in [0.3, 0.4) is 0 Å². The molecule has 108 valence electrons. The van der Waals surface area contributed by atoms with Crippen molar-refractivity contribution >= 4 is 35.2 Å². The predicted molar refractivity (Wildman–Crippen MR) is 79.1 cm³/mol. The first kappa shape index (κ1) is 15.2. The molecule has 0 unspecified atom stereocenters. The van der Waals surface area contributed by atoms with Crippen molar-refractivity contribution in [3.63, 3.8) is 0 Å². The number of hydrogen-bond donors (Lipinski definition) is 1. The molecule has 0 aliphatic heterocycles. The Morgan fingerprint density at radius 2 is 2.05 bits per heavy atom. The van der Waals surface area contributed by atoms with E-state index in [1.54, 1.807) is 6.07 Å². The van der Waals surface area contributed by atoms with Gasteiger partial charge < -0.3 is 10.0 Å². The summed E-state index contributed by atoms with van der Waals surface area (Å²) in [5.74, 6) is -0.432. The Morgan fingerprint density at radius 1 is 1.35 bits per heavy atom. The second kappa shape index (κ2) is 6.99. The highest BCUT2D eigenvalue weighted by Crippen LogP contribution is 2.30. The molecule has 1 aliphatic carbocycles. The monoisotopic (exact) mass is 313 g/mol. The second-order valence-electron chi connectivity index (χ2n) is 4.83. The van der Waals surface area contributed by atoms with Crippen LogP contribution in [0.1, 0.15) is 12.8 Å². The Labute approximate surface area is 127 Å². The highest BCUT2D eigenvalue weighted by atomic mass is 35.5. The Balaban J connectivity index is 1.90. The van der Waals surface area contributed by atoms with Crippen LogP contribution >= 0.6 is 23.4 Å². The van der Waals surface area contributed by atoms with Crippen LogP contribution in [-0.2, 0) is 9.59 Å². The molecule has 0 aromatic heterocycles. The molecule has 20 heavy (non-hydrogen) atoms. The molecule has 0 spiro atoms. The summed E-state index contributed by atoms with van der Waals surface area (Å²) in [6.45, 7) is 0.326. The van der Waals surface area contributed by atoms with Crippen LogP contribution in [0.4, 0.5) is 0 Å². The van der Waals surface area contributed by atoms with Crippen molar-refractivity contribution in [2.75, 3.05) is 18.8 Å². The van der Waals surface area contributed by atoms with E-state index in [2.05, 4.69) is 0 Å². The molecular weight excluding hydrogens is 298 g/mol. The minimum Gasteiger partial charge on any atom is -0.480 e. The molecule has 0 bridgehead atoms. The maximum absolute atomic E-state index is 12.1. The fourth-order valence-electron chi connectivity index (χ4n) is 1.82. The summed E-state index contributed by atoms with van der Waals surface area (Å²) in [4.78, 5) is 25.2. The van der Waals surface area contributed by atoms with E-state index in [4.69, 9.17) is 16.7 Å². The van der Waals surface area contributed by atoms with Gasteiger partial charge in [0.05, 0.1) is 10.8 Å². The zero-order chi connectivity index (χ0) is 14.5. The van der Waals surface area contributed by atoms with Gasteiger partial charge in [0.1, 0.15) is 6.54 Å². The summed E-state index contributed by atoms with van der Waals surface area (Å²) in [5, 5.41) is 9.48. The maximum atomic E-state index is 12.1. The molecule has 6 heteroatoms. The average Bonchev–Trinajstić information content (AvgIpc) is 3.20. The molecule has 4 nitrogen and oxygen atoms in total. The number of carboxylic acid groups (broad SMARTS) is 1. The van der Waals surface area contributed by atoms with Crippen LogP contribution in [0, 0.1) is 5.92 Å². The fourth-order valence-corrected chi connectivity index (χ4v) is 2.96. The van der Waals surface area contributed by atoms with E-state index in [0.717, 1.165) is 17.7 Å². The number of carboxylic acids is 1. The Kier molecular flexibility index (Phi) is 5.31. The van der Waals surface area contributed by atoms with Crippen molar-refractivity contribution in [1.29, 1.82) is 0 Å². The minimum atomic E-state index is -0.971. The van der Waals surface area contributed by atoms with Gasteiger partial charge >= 0.3 is 5.97 Å².